The van der Waals surface area contributed by atoms with Crippen molar-refractivity contribution in [1.82, 2.24) is 25.3 Å². The molecule has 1 aromatic carbocycles. The number of alkyl halides is 3. The maximum atomic E-state index is 12.8. The first-order valence-corrected chi connectivity index (χ1v) is 10.9. The number of thiazole rings is 1. The molecular weight excluding hydrogens is 445 g/mol. The molecule has 8 nitrogen and oxygen atoms in total. The number of anilines is 1. The van der Waals surface area contributed by atoms with Crippen LogP contribution in [0, 0.1) is 0 Å². The number of likely N-dealkylation sites (tertiary alicyclic amines) is 1. The van der Waals surface area contributed by atoms with E-state index < -0.39 is 12.1 Å². The van der Waals surface area contributed by atoms with Crippen LogP contribution >= 0.6 is 11.3 Å². The van der Waals surface area contributed by atoms with Crippen LogP contribution in [0.15, 0.2) is 41.1 Å². The van der Waals surface area contributed by atoms with Gasteiger partial charge >= 0.3 is 18.1 Å². The highest BCUT2D eigenvalue weighted by molar-refractivity contribution is 7.18. The Morgan fingerprint density at radius 2 is 2.03 bits per heavy atom. The summed E-state index contributed by atoms with van der Waals surface area (Å²) in [5, 5.41) is 7.14. The first kappa shape index (κ1) is 20.7. The fraction of sp³-hybridized carbons (Fsp3) is 0.400. The number of nitrogens with one attached hydrogen (secondary N) is 1. The van der Waals surface area contributed by atoms with E-state index in [4.69, 9.17) is 0 Å². The van der Waals surface area contributed by atoms with E-state index in [0.717, 1.165) is 12.0 Å². The largest absolute Gasteiger partial charge is 0.471 e. The lowest BCUT2D eigenvalue weighted by molar-refractivity contribution is -0.159. The van der Waals surface area contributed by atoms with Gasteiger partial charge in [0.05, 0.1) is 29.2 Å². The Balaban J connectivity index is 1.22. The number of nitrogens with zero attached hydrogens (tertiary/aromatic N) is 5. The van der Waals surface area contributed by atoms with E-state index >= 15 is 0 Å². The highest BCUT2D eigenvalue weighted by Gasteiger charge is 2.46. The van der Waals surface area contributed by atoms with Gasteiger partial charge in [-0.3, -0.25) is 0 Å². The SMILES string of the molecule is C[C@H](NC(=O)N1CC2CC1CN2c1ncc(-c2noc(C(F)(F)F)n2)s1)c1ccccc1. The van der Waals surface area contributed by atoms with Crippen molar-refractivity contribution in [3.05, 3.63) is 48.0 Å². The van der Waals surface area contributed by atoms with Crippen LogP contribution in [0.1, 0.15) is 30.8 Å². The standard InChI is InChI=1S/C20H19F3N6O2S/c1-11(12-5-3-2-4-6-12)25-18(30)28-9-14-7-13(28)10-29(14)19-24-8-15(32-19)16-26-17(31-27-16)20(21,22)23/h2-6,8,11,13-14H,7,9-10H2,1H3,(H,25,30)/t11-,13?,14?/m0/s1. The van der Waals surface area contributed by atoms with Gasteiger partial charge in [0.1, 0.15) is 0 Å². The number of halogens is 3. The average Bonchev–Trinajstić information content (AvgIpc) is 3.56. The van der Waals surface area contributed by atoms with Crippen LogP contribution in [-0.2, 0) is 6.18 Å². The van der Waals surface area contributed by atoms with E-state index in [0.29, 0.717) is 23.1 Å². The van der Waals surface area contributed by atoms with Crippen molar-refractivity contribution < 1.29 is 22.5 Å². The van der Waals surface area contributed by atoms with Gasteiger partial charge < -0.3 is 19.6 Å². The summed E-state index contributed by atoms with van der Waals surface area (Å²) < 4.78 is 42.4. The third-order valence-corrected chi connectivity index (χ3v) is 6.80. The molecule has 2 aromatic heterocycles. The zero-order valence-corrected chi connectivity index (χ0v) is 17.7. The lowest BCUT2D eigenvalue weighted by Gasteiger charge is -2.34. The minimum absolute atomic E-state index is 0.0531. The number of carbonyl (C=O) groups is 1. The molecule has 2 amide bonds. The van der Waals surface area contributed by atoms with Crippen LogP contribution in [-0.4, -0.2) is 51.2 Å². The molecular formula is C20H19F3N6O2S. The number of carbonyl (C=O) groups excluding carboxylic acids is 1. The predicted molar refractivity (Wildman–Crippen MR) is 110 cm³/mol. The quantitative estimate of drug-likeness (QED) is 0.629. The van der Waals surface area contributed by atoms with E-state index in [9.17, 15) is 18.0 Å². The summed E-state index contributed by atoms with van der Waals surface area (Å²) in [5.41, 5.74) is 1.04. The number of fused-ring (bicyclic) bond motifs is 2. The van der Waals surface area contributed by atoms with Crippen LogP contribution in [0.3, 0.4) is 0 Å². The Morgan fingerprint density at radius 3 is 2.69 bits per heavy atom. The smallest absolute Gasteiger partial charge is 0.341 e. The van der Waals surface area contributed by atoms with Crippen LogP contribution in [0.25, 0.3) is 10.7 Å². The van der Waals surface area contributed by atoms with E-state index in [1.807, 2.05) is 42.2 Å². The summed E-state index contributed by atoms with van der Waals surface area (Å²) in [7, 11) is 0. The number of hydrogen-bond donors (Lipinski definition) is 1. The molecule has 4 heterocycles. The van der Waals surface area contributed by atoms with E-state index in [2.05, 4.69) is 29.9 Å². The normalized spacial score (nSPS) is 21.2. The number of piperazine rings is 1. The Hall–Kier alpha value is -3.15. The molecule has 0 spiro atoms. The van der Waals surface area contributed by atoms with Gasteiger partial charge in [-0.1, -0.05) is 46.8 Å². The molecule has 32 heavy (non-hydrogen) atoms. The Kier molecular flexibility index (Phi) is 5.03. The van der Waals surface area contributed by atoms with Crippen molar-refractivity contribution in [2.45, 2.75) is 37.6 Å². The van der Waals surface area contributed by atoms with Gasteiger partial charge in [0.25, 0.3) is 0 Å². The van der Waals surface area contributed by atoms with Gasteiger partial charge in [0.2, 0.25) is 5.82 Å². The molecule has 168 valence electrons. The van der Waals surface area contributed by atoms with Crippen LogP contribution < -0.4 is 10.2 Å². The molecule has 5 rings (SSSR count). The topological polar surface area (TPSA) is 87.4 Å². The number of hydrogen-bond acceptors (Lipinski definition) is 7. The molecule has 0 radical (unpaired) electrons. The maximum absolute atomic E-state index is 12.8. The third kappa shape index (κ3) is 3.78. The van der Waals surface area contributed by atoms with Gasteiger partial charge in [-0.15, -0.1) is 0 Å². The fourth-order valence-electron chi connectivity index (χ4n) is 4.18. The van der Waals surface area contributed by atoms with Crippen molar-refractivity contribution in [2.24, 2.45) is 0 Å². The van der Waals surface area contributed by atoms with E-state index in [-0.39, 0.29) is 30.0 Å². The summed E-state index contributed by atoms with van der Waals surface area (Å²) in [6, 6.07) is 9.73. The highest BCUT2D eigenvalue weighted by atomic mass is 32.1. The van der Waals surface area contributed by atoms with Gasteiger partial charge in [-0.05, 0) is 18.9 Å². The number of aromatic nitrogens is 3. The van der Waals surface area contributed by atoms with Crippen molar-refractivity contribution in [1.29, 1.82) is 0 Å². The fourth-order valence-corrected chi connectivity index (χ4v) is 5.11. The molecule has 0 aliphatic carbocycles. The second-order valence-electron chi connectivity index (χ2n) is 7.86. The molecule has 2 bridgehead atoms. The summed E-state index contributed by atoms with van der Waals surface area (Å²) in [6.45, 7) is 3.13. The van der Waals surface area contributed by atoms with Crippen molar-refractivity contribution in [2.75, 3.05) is 18.0 Å². The first-order chi connectivity index (χ1) is 15.3. The first-order valence-electron chi connectivity index (χ1n) is 10.1. The lowest BCUT2D eigenvalue weighted by Crippen LogP contribution is -2.52. The number of amides is 2. The predicted octanol–water partition coefficient (Wildman–Crippen LogP) is 3.95. The molecule has 2 fully saturated rings. The van der Waals surface area contributed by atoms with Gasteiger partial charge in [-0.25, -0.2) is 9.78 Å². The molecule has 2 aliphatic heterocycles. The number of rotatable bonds is 4. The lowest BCUT2D eigenvalue weighted by atomic mass is 10.1. The average molecular weight is 464 g/mol. The molecule has 2 aliphatic rings. The Morgan fingerprint density at radius 1 is 1.25 bits per heavy atom. The monoisotopic (exact) mass is 464 g/mol. The summed E-state index contributed by atoms with van der Waals surface area (Å²) in [4.78, 5) is 24.9. The summed E-state index contributed by atoms with van der Waals surface area (Å²) in [6.07, 6.45) is -2.42. The Bertz CT molecular complexity index is 1120. The van der Waals surface area contributed by atoms with Crippen molar-refractivity contribution in [3.8, 4) is 10.7 Å². The molecule has 2 saturated heterocycles. The maximum Gasteiger partial charge on any atom is 0.471 e. The van der Waals surface area contributed by atoms with Crippen molar-refractivity contribution >= 4 is 22.5 Å². The number of benzene rings is 1. The second-order valence-corrected chi connectivity index (χ2v) is 8.87. The third-order valence-electron chi connectivity index (χ3n) is 5.77. The zero-order valence-electron chi connectivity index (χ0n) is 16.9. The van der Waals surface area contributed by atoms with Crippen LogP contribution in [0.5, 0.6) is 0 Å². The van der Waals surface area contributed by atoms with Gasteiger partial charge in [0.15, 0.2) is 5.13 Å². The zero-order chi connectivity index (χ0) is 22.5. The van der Waals surface area contributed by atoms with E-state index in [1.165, 1.54) is 17.5 Å². The Labute approximate surface area is 185 Å². The molecule has 3 atom stereocenters. The molecule has 2 unspecified atom stereocenters. The molecule has 12 heteroatoms. The second kappa shape index (κ2) is 7.76. The molecule has 3 aromatic rings. The van der Waals surface area contributed by atoms with Gasteiger partial charge in [-0.2, -0.15) is 18.2 Å². The number of urea groups is 1. The van der Waals surface area contributed by atoms with Crippen LogP contribution in [0.2, 0.25) is 0 Å². The molecule has 1 N–H and O–H groups in total. The summed E-state index contributed by atoms with van der Waals surface area (Å²) >= 11 is 1.21. The van der Waals surface area contributed by atoms with Gasteiger partial charge in [0, 0.05) is 13.1 Å². The minimum atomic E-state index is -4.69. The van der Waals surface area contributed by atoms with Crippen molar-refractivity contribution in [3.63, 3.8) is 0 Å². The highest BCUT2D eigenvalue weighted by Crippen LogP contribution is 2.39. The molecule has 0 saturated carbocycles. The summed E-state index contributed by atoms with van der Waals surface area (Å²) in [5.74, 6) is -1.52. The van der Waals surface area contributed by atoms with Crippen LogP contribution in [0.4, 0.5) is 23.1 Å². The van der Waals surface area contributed by atoms with E-state index in [1.54, 1.807) is 0 Å². The minimum Gasteiger partial charge on any atom is -0.341 e.